The summed E-state index contributed by atoms with van der Waals surface area (Å²) < 4.78 is 4.73. The third-order valence-electron chi connectivity index (χ3n) is 4.15. The van der Waals surface area contributed by atoms with Gasteiger partial charge in [-0.1, -0.05) is 78.9 Å². The summed E-state index contributed by atoms with van der Waals surface area (Å²) in [7, 11) is 1.39. The molecule has 0 aromatic heterocycles. The summed E-state index contributed by atoms with van der Waals surface area (Å²) in [6.07, 6.45) is 3.33. The second kappa shape index (κ2) is 8.27. The standard InChI is InChI=1S/C22H21NO2/c1-25-22(24)15-14-21(23-16-17-8-3-2-4-9-17)20-13-7-11-18-10-5-6-12-19(18)20/h2-15,21,23H,16H2,1H3/b15-14+/t21-/m1/s1. The minimum atomic E-state index is -0.355. The van der Waals surface area contributed by atoms with Crippen molar-refractivity contribution in [2.24, 2.45) is 0 Å². The minimum Gasteiger partial charge on any atom is -0.466 e. The molecule has 0 saturated heterocycles. The lowest BCUT2D eigenvalue weighted by Gasteiger charge is -2.18. The molecule has 0 fully saturated rings. The van der Waals surface area contributed by atoms with E-state index in [9.17, 15) is 4.79 Å². The number of methoxy groups -OCH3 is 1. The first-order valence-electron chi connectivity index (χ1n) is 8.29. The zero-order valence-corrected chi connectivity index (χ0v) is 14.2. The molecule has 0 heterocycles. The summed E-state index contributed by atoms with van der Waals surface area (Å²) in [6.45, 7) is 0.709. The lowest BCUT2D eigenvalue weighted by atomic mass is 9.98. The van der Waals surface area contributed by atoms with Crippen LogP contribution in [0.25, 0.3) is 10.8 Å². The van der Waals surface area contributed by atoms with Crippen molar-refractivity contribution in [3.8, 4) is 0 Å². The topological polar surface area (TPSA) is 38.3 Å². The van der Waals surface area contributed by atoms with Crippen molar-refractivity contribution in [3.05, 3.63) is 96.1 Å². The molecule has 0 aliphatic heterocycles. The Hall–Kier alpha value is -2.91. The third kappa shape index (κ3) is 4.34. The number of rotatable bonds is 6. The fourth-order valence-electron chi connectivity index (χ4n) is 2.87. The highest BCUT2D eigenvalue weighted by atomic mass is 16.5. The van der Waals surface area contributed by atoms with Crippen LogP contribution < -0.4 is 5.32 Å². The van der Waals surface area contributed by atoms with E-state index in [0.29, 0.717) is 6.54 Å². The number of carbonyl (C=O) groups excluding carboxylic acids is 1. The molecular formula is C22H21NO2. The molecule has 0 unspecified atom stereocenters. The zero-order valence-electron chi connectivity index (χ0n) is 14.2. The third-order valence-corrected chi connectivity index (χ3v) is 4.15. The Balaban J connectivity index is 1.92. The molecule has 3 nitrogen and oxygen atoms in total. The molecule has 0 aliphatic rings. The van der Waals surface area contributed by atoms with Gasteiger partial charge in [0, 0.05) is 12.6 Å². The number of benzene rings is 3. The Kier molecular flexibility index (Phi) is 5.60. The van der Waals surface area contributed by atoms with E-state index >= 15 is 0 Å². The Labute approximate surface area is 147 Å². The van der Waals surface area contributed by atoms with Crippen LogP contribution in [-0.4, -0.2) is 13.1 Å². The SMILES string of the molecule is COC(=O)/C=C/[C@@H](NCc1ccccc1)c1cccc2ccccc12. The smallest absolute Gasteiger partial charge is 0.330 e. The molecular weight excluding hydrogens is 310 g/mol. The lowest BCUT2D eigenvalue weighted by Crippen LogP contribution is -2.20. The van der Waals surface area contributed by atoms with Gasteiger partial charge in [-0.3, -0.25) is 0 Å². The highest BCUT2D eigenvalue weighted by Gasteiger charge is 2.11. The highest BCUT2D eigenvalue weighted by Crippen LogP contribution is 2.25. The Morgan fingerprint density at radius 2 is 1.72 bits per heavy atom. The predicted molar refractivity (Wildman–Crippen MR) is 101 cm³/mol. The summed E-state index contributed by atoms with van der Waals surface area (Å²) in [4.78, 5) is 11.5. The maximum absolute atomic E-state index is 11.5. The Bertz CT molecular complexity index is 866. The van der Waals surface area contributed by atoms with Crippen LogP contribution in [0.5, 0.6) is 0 Å². The summed E-state index contributed by atoms with van der Waals surface area (Å²) >= 11 is 0. The van der Waals surface area contributed by atoms with Gasteiger partial charge >= 0.3 is 5.97 Å². The van der Waals surface area contributed by atoms with Gasteiger partial charge in [0.1, 0.15) is 0 Å². The molecule has 0 radical (unpaired) electrons. The van der Waals surface area contributed by atoms with Gasteiger partial charge in [0.25, 0.3) is 0 Å². The molecule has 0 amide bonds. The Morgan fingerprint density at radius 3 is 2.52 bits per heavy atom. The number of esters is 1. The molecule has 3 aromatic rings. The van der Waals surface area contributed by atoms with Crippen LogP contribution >= 0.6 is 0 Å². The summed E-state index contributed by atoms with van der Waals surface area (Å²) in [5, 5.41) is 5.88. The van der Waals surface area contributed by atoms with Gasteiger partial charge in [0.05, 0.1) is 13.2 Å². The summed E-state index contributed by atoms with van der Waals surface area (Å²) in [6, 6.07) is 24.6. The van der Waals surface area contributed by atoms with Crippen molar-refractivity contribution in [2.75, 3.05) is 7.11 Å². The molecule has 3 aromatic carbocycles. The molecule has 0 saturated carbocycles. The molecule has 3 heteroatoms. The van der Waals surface area contributed by atoms with E-state index in [0.717, 1.165) is 5.56 Å². The molecule has 1 atom stereocenters. The van der Waals surface area contributed by atoms with E-state index in [4.69, 9.17) is 4.74 Å². The predicted octanol–water partition coefficient (Wildman–Crippen LogP) is 4.40. The van der Waals surface area contributed by atoms with Crippen LogP contribution in [0, 0.1) is 0 Å². The van der Waals surface area contributed by atoms with Crippen molar-refractivity contribution in [3.63, 3.8) is 0 Å². The van der Waals surface area contributed by atoms with E-state index in [2.05, 4.69) is 41.7 Å². The average Bonchev–Trinajstić information content (AvgIpc) is 2.68. The number of carbonyl (C=O) groups is 1. The second-order valence-electron chi connectivity index (χ2n) is 5.79. The average molecular weight is 331 g/mol. The van der Waals surface area contributed by atoms with Gasteiger partial charge in [-0.2, -0.15) is 0 Å². The second-order valence-corrected chi connectivity index (χ2v) is 5.79. The maximum Gasteiger partial charge on any atom is 0.330 e. The van der Waals surface area contributed by atoms with Gasteiger partial charge in [0.15, 0.2) is 0 Å². The number of nitrogens with one attached hydrogen (secondary N) is 1. The van der Waals surface area contributed by atoms with Crippen molar-refractivity contribution < 1.29 is 9.53 Å². The minimum absolute atomic E-state index is 0.0922. The normalized spacial score (nSPS) is 12.4. The van der Waals surface area contributed by atoms with Crippen LogP contribution in [0.3, 0.4) is 0 Å². The molecule has 1 N–H and O–H groups in total. The molecule has 0 spiro atoms. The van der Waals surface area contributed by atoms with Crippen LogP contribution in [0.15, 0.2) is 84.9 Å². The molecule has 3 rings (SSSR count). The van der Waals surface area contributed by atoms with Gasteiger partial charge in [-0.05, 0) is 21.9 Å². The quantitative estimate of drug-likeness (QED) is 0.537. The van der Waals surface area contributed by atoms with Gasteiger partial charge < -0.3 is 10.1 Å². The van der Waals surface area contributed by atoms with Crippen LogP contribution in [-0.2, 0) is 16.1 Å². The van der Waals surface area contributed by atoms with Crippen LogP contribution in [0.1, 0.15) is 17.2 Å². The van der Waals surface area contributed by atoms with Crippen LogP contribution in [0.2, 0.25) is 0 Å². The van der Waals surface area contributed by atoms with E-state index in [1.165, 1.54) is 29.5 Å². The fourth-order valence-corrected chi connectivity index (χ4v) is 2.87. The molecule has 126 valence electrons. The summed E-state index contributed by atoms with van der Waals surface area (Å²) in [5.41, 5.74) is 2.33. The Morgan fingerprint density at radius 1 is 1.00 bits per heavy atom. The van der Waals surface area contributed by atoms with Crippen molar-refractivity contribution in [1.29, 1.82) is 0 Å². The van der Waals surface area contributed by atoms with Gasteiger partial charge in [-0.15, -0.1) is 0 Å². The van der Waals surface area contributed by atoms with E-state index in [-0.39, 0.29) is 12.0 Å². The van der Waals surface area contributed by atoms with E-state index in [1.807, 2.05) is 42.5 Å². The van der Waals surface area contributed by atoms with Crippen LogP contribution in [0.4, 0.5) is 0 Å². The molecule has 0 aliphatic carbocycles. The van der Waals surface area contributed by atoms with Gasteiger partial charge in [-0.25, -0.2) is 4.79 Å². The first-order chi connectivity index (χ1) is 12.3. The van der Waals surface area contributed by atoms with E-state index < -0.39 is 0 Å². The fraction of sp³-hybridized carbons (Fsp3) is 0.136. The number of ether oxygens (including phenoxy) is 1. The molecule has 25 heavy (non-hydrogen) atoms. The first kappa shape index (κ1) is 16.9. The van der Waals surface area contributed by atoms with Gasteiger partial charge in [0.2, 0.25) is 0 Å². The van der Waals surface area contributed by atoms with E-state index in [1.54, 1.807) is 0 Å². The largest absolute Gasteiger partial charge is 0.466 e. The maximum atomic E-state index is 11.5. The number of hydrogen-bond acceptors (Lipinski definition) is 3. The van der Waals surface area contributed by atoms with Crippen molar-refractivity contribution >= 4 is 16.7 Å². The first-order valence-corrected chi connectivity index (χ1v) is 8.29. The summed E-state index contributed by atoms with van der Waals surface area (Å²) in [5.74, 6) is -0.355. The monoisotopic (exact) mass is 331 g/mol. The zero-order chi connectivity index (χ0) is 17.5. The number of fused-ring (bicyclic) bond motifs is 1. The molecule has 0 bridgehead atoms. The highest BCUT2D eigenvalue weighted by molar-refractivity contribution is 5.87. The lowest BCUT2D eigenvalue weighted by molar-refractivity contribution is -0.134. The van der Waals surface area contributed by atoms with Crippen molar-refractivity contribution in [1.82, 2.24) is 5.32 Å². The number of hydrogen-bond donors (Lipinski definition) is 1. The van der Waals surface area contributed by atoms with Crippen molar-refractivity contribution in [2.45, 2.75) is 12.6 Å².